The van der Waals surface area contributed by atoms with E-state index in [0.29, 0.717) is 11.1 Å². The van der Waals surface area contributed by atoms with E-state index in [-0.39, 0.29) is 36.4 Å². The van der Waals surface area contributed by atoms with Crippen molar-refractivity contribution in [2.45, 2.75) is 19.3 Å². The zero-order valence-electron chi connectivity index (χ0n) is 26.0. The van der Waals surface area contributed by atoms with Gasteiger partial charge in [-0.25, -0.2) is 0 Å². The van der Waals surface area contributed by atoms with Gasteiger partial charge in [-0.2, -0.15) is 0 Å². The van der Waals surface area contributed by atoms with E-state index >= 15 is 0 Å². The third-order valence-corrected chi connectivity index (χ3v) is 8.15. The molecular formula is C41H34N2O2Zn. The molecule has 0 bridgehead atoms. The van der Waals surface area contributed by atoms with Gasteiger partial charge >= 0.3 is 0 Å². The molecule has 222 valence electrons. The van der Waals surface area contributed by atoms with Crippen LogP contribution in [0.3, 0.4) is 0 Å². The first kappa shape index (κ1) is 32.3. The second-order valence-electron chi connectivity index (χ2n) is 11.5. The van der Waals surface area contributed by atoms with Crippen LogP contribution in [0.1, 0.15) is 36.1 Å². The van der Waals surface area contributed by atoms with Crippen LogP contribution in [0.2, 0.25) is 0 Å². The predicted molar refractivity (Wildman–Crippen MR) is 187 cm³/mol. The Bertz CT molecular complexity index is 1820. The number of nitrogens with zero attached hydrogens (tertiary/aromatic N) is 2. The van der Waals surface area contributed by atoms with Crippen LogP contribution in [-0.2, 0) is 24.9 Å². The molecule has 0 spiro atoms. The molecule has 0 aliphatic heterocycles. The van der Waals surface area contributed by atoms with E-state index in [4.69, 9.17) is 0 Å². The summed E-state index contributed by atoms with van der Waals surface area (Å²) in [5.74, 6) is 0.392. The number of benzene rings is 6. The maximum atomic E-state index is 10.4. The minimum atomic E-state index is -0.241. The van der Waals surface area contributed by atoms with Crippen LogP contribution in [0.4, 0.5) is 11.4 Å². The van der Waals surface area contributed by atoms with Gasteiger partial charge < -0.3 is 10.2 Å². The number of hydrogen-bond acceptors (Lipinski definition) is 4. The van der Waals surface area contributed by atoms with Crippen LogP contribution in [0.25, 0.3) is 22.3 Å². The van der Waals surface area contributed by atoms with Gasteiger partial charge in [-0.05, 0) is 81.9 Å². The van der Waals surface area contributed by atoms with Crippen molar-refractivity contribution in [3.63, 3.8) is 0 Å². The Labute approximate surface area is 283 Å². The van der Waals surface area contributed by atoms with Gasteiger partial charge in [-0.15, -0.1) is 0 Å². The van der Waals surface area contributed by atoms with E-state index in [2.05, 4.69) is 48.1 Å². The molecule has 2 N–H and O–H groups in total. The summed E-state index contributed by atoms with van der Waals surface area (Å²) in [5.41, 5.74) is 9.27. The van der Waals surface area contributed by atoms with Gasteiger partial charge in [0.1, 0.15) is 11.5 Å². The van der Waals surface area contributed by atoms with Gasteiger partial charge in [-0.1, -0.05) is 111 Å². The number of rotatable bonds is 8. The van der Waals surface area contributed by atoms with E-state index in [1.165, 1.54) is 0 Å². The van der Waals surface area contributed by atoms with Crippen molar-refractivity contribution >= 4 is 23.8 Å². The van der Waals surface area contributed by atoms with E-state index in [9.17, 15) is 10.2 Å². The summed E-state index contributed by atoms with van der Waals surface area (Å²) >= 11 is 0. The number of phenolic OH excluding ortho intramolecular Hbond substituents is 2. The monoisotopic (exact) mass is 650 g/mol. The molecule has 6 rings (SSSR count). The summed E-state index contributed by atoms with van der Waals surface area (Å²) in [6.45, 7) is 4.40. The average Bonchev–Trinajstić information content (AvgIpc) is 3.09. The zero-order valence-corrected chi connectivity index (χ0v) is 29.0. The molecule has 6 aromatic carbocycles. The largest absolute Gasteiger partial charge is 0.507 e. The van der Waals surface area contributed by atoms with Crippen LogP contribution >= 0.6 is 0 Å². The molecule has 6 aromatic rings. The van der Waals surface area contributed by atoms with Crippen LogP contribution in [0, 0.1) is 0 Å². The van der Waals surface area contributed by atoms with Crippen molar-refractivity contribution in [2.24, 2.45) is 9.98 Å². The number of aliphatic imine (C=N–C) groups is 2. The minimum absolute atomic E-state index is 0. The van der Waals surface area contributed by atoms with Crippen LogP contribution in [0.15, 0.2) is 156 Å². The third-order valence-electron chi connectivity index (χ3n) is 8.15. The molecule has 0 saturated carbocycles. The molecule has 0 heterocycles. The van der Waals surface area contributed by atoms with E-state index < -0.39 is 0 Å². The SMILES string of the molecule is CC(C)(c1ccc(N=Cc2cc(-c3ccccc3)ccc2O)cc1)c1ccc(N=Cc2cc(-c3ccccc3)ccc2O)cc1.[Zn]. The summed E-state index contributed by atoms with van der Waals surface area (Å²) in [5, 5.41) is 20.8. The molecule has 0 aliphatic carbocycles. The van der Waals surface area contributed by atoms with Crippen LogP contribution in [-0.4, -0.2) is 22.6 Å². The van der Waals surface area contributed by atoms with Gasteiger partial charge in [0.15, 0.2) is 0 Å². The van der Waals surface area contributed by atoms with E-state index in [1.807, 2.05) is 109 Å². The summed E-state index contributed by atoms with van der Waals surface area (Å²) in [7, 11) is 0. The Balaban J connectivity index is 0.00000417. The summed E-state index contributed by atoms with van der Waals surface area (Å²) in [6.07, 6.45) is 3.41. The Morgan fingerprint density at radius 1 is 0.457 bits per heavy atom. The smallest absolute Gasteiger partial charge is 0.124 e. The molecule has 0 aromatic heterocycles. The zero-order chi connectivity index (χ0) is 31.2. The number of hydrogen-bond donors (Lipinski definition) is 2. The Morgan fingerprint density at radius 2 is 0.826 bits per heavy atom. The first-order valence-corrected chi connectivity index (χ1v) is 14.9. The second kappa shape index (κ2) is 14.3. The third kappa shape index (κ3) is 7.39. The molecule has 0 amide bonds. The van der Waals surface area contributed by atoms with Crippen molar-refractivity contribution < 1.29 is 29.7 Å². The summed E-state index contributed by atoms with van der Waals surface area (Å²) in [4.78, 5) is 9.27. The summed E-state index contributed by atoms with van der Waals surface area (Å²) in [6, 6.07) is 47.7. The molecule has 4 nitrogen and oxygen atoms in total. The fourth-order valence-corrected chi connectivity index (χ4v) is 5.32. The predicted octanol–water partition coefficient (Wildman–Crippen LogP) is 10.3. The van der Waals surface area contributed by atoms with Crippen molar-refractivity contribution in [3.05, 3.63) is 168 Å². The number of aromatic hydroxyl groups is 2. The molecule has 46 heavy (non-hydrogen) atoms. The van der Waals surface area contributed by atoms with Crippen LogP contribution < -0.4 is 0 Å². The van der Waals surface area contributed by atoms with Gasteiger partial charge in [0.25, 0.3) is 0 Å². The number of phenols is 2. The van der Waals surface area contributed by atoms with E-state index in [0.717, 1.165) is 44.8 Å². The van der Waals surface area contributed by atoms with Crippen molar-refractivity contribution in [3.8, 4) is 33.8 Å². The molecule has 0 unspecified atom stereocenters. The van der Waals surface area contributed by atoms with Gasteiger partial charge in [0, 0.05) is 48.4 Å². The second-order valence-corrected chi connectivity index (χ2v) is 11.5. The van der Waals surface area contributed by atoms with Gasteiger partial charge in [0.2, 0.25) is 0 Å². The molecular weight excluding hydrogens is 618 g/mol. The Hall–Kier alpha value is -5.12. The van der Waals surface area contributed by atoms with Crippen LogP contribution in [0.5, 0.6) is 11.5 Å². The maximum absolute atomic E-state index is 10.4. The minimum Gasteiger partial charge on any atom is -0.507 e. The average molecular weight is 652 g/mol. The maximum Gasteiger partial charge on any atom is 0.124 e. The fraction of sp³-hybridized carbons (Fsp3) is 0.0732. The molecule has 0 fully saturated rings. The topological polar surface area (TPSA) is 65.2 Å². The van der Waals surface area contributed by atoms with Crippen molar-refractivity contribution in [1.29, 1.82) is 0 Å². The van der Waals surface area contributed by atoms with Gasteiger partial charge in [0.05, 0.1) is 11.4 Å². The van der Waals surface area contributed by atoms with E-state index in [1.54, 1.807) is 24.6 Å². The van der Waals surface area contributed by atoms with Gasteiger partial charge in [-0.3, -0.25) is 9.98 Å². The Morgan fingerprint density at radius 3 is 1.20 bits per heavy atom. The molecule has 5 heteroatoms. The molecule has 0 saturated heterocycles. The standard InChI is InChI=1S/C41H34N2O2.Zn/c1-41(2,35-15-19-37(20-16-35)42-27-33-25-31(13-23-39(33)44)29-9-5-3-6-10-29)36-17-21-38(22-18-36)43-28-34-26-32(14-24-40(34)45)30-11-7-4-8-12-30;/h3-28,44-45H,1-2H3;. The first-order chi connectivity index (χ1) is 21.9. The van der Waals surface area contributed by atoms with Crippen molar-refractivity contribution in [1.82, 2.24) is 0 Å². The molecule has 0 atom stereocenters. The summed E-state index contributed by atoms with van der Waals surface area (Å²) < 4.78 is 0. The Kier molecular flexibility index (Phi) is 10.1. The normalized spacial score (nSPS) is 11.5. The van der Waals surface area contributed by atoms with Crippen molar-refractivity contribution in [2.75, 3.05) is 0 Å². The first-order valence-electron chi connectivity index (χ1n) is 14.9. The quantitative estimate of drug-likeness (QED) is 0.127. The molecule has 0 radical (unpaired) electrons. The molecule has 0 aliphatic rings. The fourth-order valence-electron chi connectivity index (χ4n) is 5.32.